The summed E-state index contributed by atoms with van der Waals surface area (Å²) in [5.41, 5.74) is 0.804. The van der Waals surface area contributed by atoms with Gasteiger partial charge in [0.05, 0.1) is 5.69 Å². The molecule has 0 aromatic carbocycles. The van der Waals surface area contributed by atoms with E-state index in [2.05, 4.69) is 35.6 Å². The van der Waals surface area contributed by atoms with Gasteiger partial charge in [-0.15, -0.1) is 10.2 Å². The average Bonchev–Trinajstić information content (AvgIpc) is 2.60. The molecule has 0 aliphatic heterocycles. The molecule has 2 aromatic heterocycles. The van der Waals surface area contributed by atoms with Crippen LogP contribution >= 0.6 is 15.9 Å². The van der Waals surface area contributed by atoms with Crippen LogP contribution in [0.2, 0.25) is 0 Å². The minimum atomic E-state index is -3.57. The van der Waals surface area contributed by atoms with Crippen LogP contribution in [0.4, 0.5) is 5.69 Å². The zero-order valence-electron chi connectivity index (χ0n) is 9.10. The number of nitrogens with zero attached hydrogens (tertiary/aromatic N) is 3. The lowest BCUT2D eigenvalue weighted by Crippen LogP contribution is -2.26. The standard InChI is InChI=1S/C8H10BrN5O2S/c1-5-11-12-8-7(13-17(15,16)10-2)3-6(9)4-14(5)8/h3-4,10,13H,1-2H3. The lowest BCUT2D eigenvalue weighted by atomic mass is 10.4. The van der Waals surface area contributed by atoms with E-state index in [1.165, 1.54) is 7.05 Å². The Bertz CT molecular complexity index is 666. The normalized spacial score (nSPS) is 11.9. The highest BCUT2D eigenvalue weighted by Crippen LogP contribution is 2.22. The summed E-state index contributed by atoms with van der Waals surface area (Å²) in [7, 11) is -2.25. The first-order chi connectivity index (χ1) is 7.93. The molecule has 0 amide bonds. The number of hydrogen-bond acceptors (Lipinski definition) is 4. The molecule has 0 bridgehead atoms. The van der Waals surface area contributed by atoms with Crippen LogP contribution in [0.15, 0.2) is 16.7 Å². The molecule has 0 unspecified atom stereocenters. The molecular formula is C8H10BrN5O2S. The first-order valence-electron chi connectivity index (χ1n) is 4.65. The molecular weight excluding hydrogens is 310 g/mol. The Kier molecular flexibility index (Phi) is 3.06. The number of halogens is 1. The Morgan fingerprint density at radius 2 is 2.12 bits per heavy atom. The van der Waals surface area contributed by atoms with Gasteiger partial charge in [0.25, 0.3) is 10.2 Å². The summed E-state index contributed by atoms with van der Waals surface area (Å²) in [5.74, 6) is 0.672. The van der Waals surface area contributed by atoms with Crippen LogP contribution in [0, 0.1) is 6.92 Å². The van der Waals surface area contributed by atoms with Gasteiger partial charge in [-0.3, -0.25) is 9.12 Å². The monoisotopic (exact) mass is 319 g/mol. The number of hydrogen-bond donors (Lipinski definition) is 2. The van der Waals surface area contributed by atoms with Gasteiger partial charge in [0.1, 0.15) is 5.82 Å². The molecule has 0 spiro atoms. The molecule has 0 saturated heterocycles. The lowest BCUT2D eigenvalue weighted by molar-refractivity contribution is 0.593. The fraction of sp³-hybridized carbons (Fsp3) is 0.250. The van der Waals surface area contributed by atoms with Gasteiger partial charge < -0.3 is 0 Å². The van der Waals surface area contributed by atoms with Crippen molar-refractivity contribution in [3.05, 3.63) is 22.6 Å². The van der Waals surface area contributed by atoms with Crippen LogP contribution in [0.25, 0.3) is 5.65 Å². The molecule has 0 radical (unpaired) electrons. The zero-order chi connectivity index (χ0) is 12.6. The third kappa shape index (κ3) is 2.40. The summed E-state index contributed by atoms with van der Waals surface area (Å²) in [4.78, 5) is 0. The molecule has 17 heavy (non-hydrogen) atoms. The molecule has 0 aliphatic rings. The quantitative estimate of drug-likeness (QED) is 0.870. The number of aryl methyl sites for hydroxylation is 1. The van der Waals surface area contributed by atoms with Crippen LogP contribution in [0.1, 0.15) is 5.82 Å². The van der Waals surface area contributed by atoms with Gasteiger partial charge in [-0.05, 0) is 28.9 Å². The molecule has 2 rings (SSSR count). The SMILES string of the molecule is CNS(=O)(=O)Nc1cc(Br)cn2c(C)nnc12. The van der Waals surface area contributed by atoms with E-state index in [9.17, 15) is 8.42 Å². The van der Waals surface area contributed by atoms with Gasteiger partial charge in [0.2, 0.25) is 0 Å². The molecule has 0 fully saturated rings. The van der Waals surface area contributed by atoms with E-state index in [0.717, 1.165) is 4.47 Å². The molecule has 2 heterocycles. The average molecular weight is 320 g/mol. The van der Waals surface area contributed by atoms with E-state index in [-0.39, 0.29) is 0 Å². The molecule has 92 valence electrons. The second-order valence-electron chi connectivity index (χ2n) is 3.32. The maximum Gasteiger partial charge on any atom is 0.298 e. The Labute approximate surface area is 107 Å². The third-order valence-corrected chi connectivity index (χ3v) is 3.61. The minimum absolute atomic E-state index is 0.356. The maximum absolute atomic E-state index is 11.4. The van der Waals surface area contributed by atoms with E-state index in [0.29, 0.717) is 17.2 Å². The van der Waals surface area contributed by atoms with E-state index in [4.69, 9.17) is 0 Å². The highest BCUT2D eigenvalue weighted by Gasteiger charge is 2.13. The highest BCUT2D eigenvalue weighted by molar-refractivity contribution is 9.10. The van der Waals surface area contributed by atoms with Gasteiger partial charge in [-0.1, -0.05) is 0 Å². The van der Waals surface area contributed by atoms with E-state index in [1.54, 1.807) is 23.6 Å². The fourth-order valence-corrected chi connectivity index (χ4v) is 2.32. The minimum Gasteiger partial charge on any atom is -0.284 e. The number of pyridine rings is 1. The van der Waals surface area contributed by atoms with Crippen molar-refractivity contribution < 1.29 is 8.42 Å². The van der Waals surface area contributed by atoms with Crippen molar-refractivity contribution in [3.8, 4) is 0 Å². The molecule has 0 saturated carbocycles. The van der Waals surface area contributed by atoms with E-state index >= 15 is 0 Å². The summed E-state index contributed by atoms with van der Waals surface area (Å²) in [6.45, 7) is 1.78. The Morgan fingerprint density at radius 3 is 2.76 bits per heavy atom. The summed E-state index contributed by atoms with van der Waals surface area (Å²) in [5, 5.41) is 7.81. The van der Waals surface area contributed by atoms with Gasteiger partial charge in [-0.2, -0.15) is 8.42 Å². The first kappa shape index (κ1) is 12.3. The molecule has 7 nitrogen and oxygen atoms in total. The number of anilines is 1. The number of fused-ring (bicyclic) bond motifs is 1. The van der Waals surface area contributed by atoms with E-state index in [1.807, 2.05) is 0 Å². The smallest absolute Gasteiger partial charge is 0.284 e. The van der Waals surface area contributed by atoms with Gasteiger partial charge in [-0.25, -0.2) is 4.72 Å². The Hall–Kier alpha value is -1.19. The van der Waals surface area contributed by atoms with Crippen molar-refractivity contribution in [1.29, 1.82) is 0 Å². The lowest BCUT2D eigenvalue weighted by Gasteiger charge is -2.08. The first-order valence-corrected chi connectivity index (χ1v) is 6.93. The fourth-order valence-electron chi connectivity index (χ4n) is 1.34. The van der Waals surface area contributed by atoms with Crippen molar-refractivity contribution in [2.75, 3.05) is 11.8 Å². The molecule has 0 atom stereocenters. The van der Waals surface area contributed by atoms with Gasteiger partial charge in [0, 0.05) is 17.7 Å². The number of nitrogens with one attached hydrogen (secondary N) is 2. The van der Waals surface area contributed by atoms with Crippen LogP contribution in [-0.2, 0) is 10.2 Å². The Morgan fingerprint density at radius 1 is 1.41 bits per heavy atom. The van der Waals surface area contributed by atoms with Crippen LogP contribution in [0.5, 0.6) is 0 Å². The highest BCUT2D eigenvalue weighted by atomic mass is 79.9. The summed E-state index contributed by atoms with van der Waals surface area (Å²) >= 11 is 3.30. The second kappa shape index (κ2) is 4.24. The maximum atomic E-state index is 11.4. The Balaban J connectivity index is 2.61. The van der Waals surface area contributed by atoms with Crippen molar-refractivity contribution in [2.24, 2.45) is 0 Å². The largest absolute Gasteiger partial charge is 0.298 e. The topological polar surface area (TPSA) is 88.4 Å². The predicted molar refractivity (Wildman–Crippen MR) is 67.0 cm³/mol. The number of aromatic nitrogens is 3. The summed E-state index contributed by atoms with van der Waals surface area (Å²) in [6.07, 6.45) is 1.77. The van der Waals surface area contributed by atoms with Crippen LogP contribution in [-0.4, -0.2) is 30.1 Å². The van der Waals surface area contributed by atoms with Gasteiger partial charge in [0.15, 0.2) is 5.65 Å². The van der Waals surface area contributed by atoms with Crippen molar-refractivity contribution in [2.45, 2.75) is 6.92 Å². The predicted octanol–water partition coefficient (Wildman–Crippen LogP) is 0.676. The third-order valence-electron chi connectivity index (χ3n) is 2.15. The van der Waals surface area contributed by atoms with Crippen LogP contribution in [0.3, 0.4) is 0 Å². The molecule has 0 aliphatic carbocycles. The van der Waals surface area contributed by atoms with E-state index < -0.39 is 10.2 Å². The van der Waals surface area contributed by atoms with Crippen molar-refractivity contribution >= 4 is 37.5 Å². The second-order valence-corrected chi connectivity index (χ2v) is 5.86. The summed E-state index contributed by atoms with van der Waals surface area (Å²) < 4.78 is 29.8. The van der Waals surface area contributed by atoms with Crippen molar-refractivity contribution in [3.63, 3.8) is 0 Å². The van der Waals surface area contributed by atoms with Crippen molar-refractivity contribution in [1.82, 2.24) is 19.3 Å². The zero-order valence-corrected chi connectivity index (χ0v) is 11.5. The molecule has 2 N–H and O–H groups in total. The number of rotatable bonds is 3. The van der Waals surface area contributed by atoms with Crippen LogP contribution < -0.4 is 9.44 Å². The van der Waals surface area contributed by atoms with Gasteiger partial charge >= 0.3 is 0 Å². The summed E-state index contributed by atoms with van der Waals surface area (Å²) in [6, 6.07) is 1.62. The molecule has 2 aromatic rings. The molecule has 9 heteroatoms.